The lowest BCUT2D eigenvalue weighted by Crippen LogP contribution is -2.15. The summed E-state index contributed by atoms with van der Waals surface area (Å²) in [6, 6.07) is 0. The second kappa shape index (κ2) is 21.4. The summed E-state index contributed by atoms with van der Waals surface area (Å²) in [4.78, 5) is 11.6. The fourth-order valence-corrected chi connectivity index (χ4v) is 4.18. The van der Waals surface area contributed by atoms with E-state index in [-0.39, 0.29) is 5.92 Å². The van der Waals surface area contributed by atoms with Gasteiger partial charge in [-0.2, -0.15) is 0 Å². The van der Waals surface area contributed by atoms with E-state index >= 15 is 0 Å². The van der Waals surface area contributed by atoms with Gasteiger partial charge in [-0.3, -0.25) is 4.79 Å². The molecule has 0 aliphatic carbocycles. The second-order valence-corrected chi connectivity index (χ2v) is 10.1. The van der Waals surface area contributed by atoms with Gasteiger partial charge < -0.3 is 5.11 Å². The Labute approximate surface area is 189 Å². The van der Waals surface area contributed by atoms with Crippen molar-refractivity contribution in [2.24, 2.45) is 17.8 Å². The van der Waals surface area contributed by atoms with Crippen molar-refractivity contribution in [3.8, 4) is 0 Å². The molecule has 0 aromatic heterocycles. The fourth-order valence-electron chi connectivity index (χ4n) is 4.18. The zero-order chi connectivity index (χ0) is 22.5. The Morgan fingerprint density at radius 2 is 1.23 bits per heavy atom. The summed E-state index contributed by atoms with van der Waals surface area (Å²) in [6.45, 7) is 9.11. The Hall–Kier alpha value is -0.790. The molecule has 2 unspecified atom stereocenters. The molecule has 0 saturated carbocycles. The molecule has 0 aliphatic heterocycles. The van der Waals surface area contributed by atoms with Crippen LogP contribution in [0.2, 0.25) is 0 Å². The number of unbranched alkanes of at least 4 members (excludes halogenated alkanes) is 10. The first-order valence-electron chi connectivity index (χ1n) is 13.3. The summed E-state index contributed by atoms with van der Waals surface area (Å²) in [6.07, 6.45) is 26.7. The van der Waals surface area contributed by atoms with Crippen LogP contribution in [0.15, 0.2) is 12.2 Å². The molecule has 0 bridgehead atoms. The molecular formula is C28H54O2. The first kappa shape index (κ1) is 29.2. The van der Waals surface area contributed by atoms with Crippen LogP contribution in [0, 0.1) is 17.8 Å². The van der Waals surface area contributed by atoms with Crippen LogP contribution in [0.25, 0.3) is 0 Å². The molecule has 0 aliphatic rings. The predicted molar refractivity (Wildman–Crippen MR) is 133 cm³/mol. The van der Waals surface area contributed by atoms with E-state index in [9.17, 15) is 9.90 Å². The summed E-state index contributed by atoms with van der Waals surface area (Å²) >= 11 is 0. The molecule has 0 rings (SSSR count). The van der Waals surface area contributed by atoms with Crippen LogP contribution in [-0.4, -0.2) is 11.1 Å². The minimum Gasteiger partial charge on any atom is -0.481 e. The molecule has 2 heteroatoms. The van der Waals surface area contributed by atoms with Crippen LogP contribution in [0.3, 0.4) is 0 Å². The minimum atomic E-state index is -0.581. The Balaban J connectivity index is 3.63. The van der Waals surface area contributed by atoms with Gasteiger partial charge in [0.15, 0.2) is 0 Å². The molecule has 0 aromatic carbocycles. The van der Waals surface area contributed by atoms with Gasteiger partial charge in [-0.15, -0.1) is 0 Å². The number of carboxylic acid groups (broad SMARTS) is 1. The Morgan fingerprint density at radius 1 is 0.667 bits per heavy atom. The third-order valence-corrected chi connectivity index (χ3v) is 6.40. The summed E-state index contributed by atoms with van der Waals surface area (Å²) in [5.41, 5.74) is 0. The zero-order valence-electron chi connectivity index (χ0n) is 21.0. The number of hydrogen-bond donors (Lipinski definition) is 1. The molecule has 0 aromatic rings. The number of carbonyl (C=O) groups is 1. The van der Waals surface area contributed by atoms with E-state index in [0.29, 0.717) is 5.92 Å². The summed E-state index contributed by atoms with van der Waals surface area (Å²) < 4.78 is 0. The number of carboxylic acids is 1. The monoisotopic (exact) mass is 422 g/mol. The van der Waals surface area contributed by atoms with Crippen molar-refractivity contribution >= 4 is 5.97 Å². The topological polar surface area (TPSA) is 37.3 Å². The summed E-state index contributed by atoms with van der Waals surface area (Å²) in [5, 5.41) is 9.53. The molecule has 0 heterocycles. The van der Waals surface area contributed by atoms with Crippen LogP contribution < -0.4 is 0 Å². The highest BCUT2D eigenvalue weighted by atomic mass is 16.4. The van der Waals surface area contributed by atoms with Crippen molar-refractivity contribution in [3.63, 3.8) is 0 Å². The molecule has 2 atom stereocenters. The third kappa shape index (κ3) is 20.5. The van der Waals surface area contributed by atoms with E-state index in [1.165, 1.54) is 89.9 Å². The molecule has 0 amide bonds. The van der Waals surface area contributed by atoms with Crippen LogP contribution in [0.5, 0.6) is 0 Å². The molecule has 178 valence electrons. The highest BCUT2D eigenvalue weighted by Crippen LogP contribution is 2.23. The first-order chi connectivity index (χ1) is 14.5. The van der Waals surface area contributed by atoms with Gasteiger partial charge in [0.05, 0.1) is 5.92 Å². The third-order valence-electron chi connectivity index (χ3n) is 6.40. The van der Waals surface area contributed by atoms with Crippen molar-refractivity contribution in [1.82, 2.24) is 0 Å². The van der Waals surface area contributed by atoms with E-state index < -0.39 is 5.97 Å². The highest BCUT2D eigenvalue weighted by Gasteiger charge is 2.18. The maximum Gasteiger partial charge on any atom is 0.306 e. The first-order valence-corrected chi connectivity index (χ1v) is 13.3. The SMILES string of the molecule is CCCCCCCC/C=C\CCCCCCC(CCC(C)CCCC(C)C)C(=O)O. The van der Waals surface area contributed by atoms with E-state index in [2.05, 4.69) is 39.8 Å². The second-order valence-electron chi connectivity index (χ2n) is 10.1. The molecule has 0 radical (unpaired) electrons. The largest absolute Gasteiger partial charge is 0.481 e. The Kier molecular flexibility index (Phi) is 20.9. The number of hydrogen-bond acceptors (Lipinski definition) is 1. The van der Waals surface area contributed by atoms with Crippen LogP contribution >= 0.6 is 0 Å². The van der Waals surface area contributed by atoms with E-state index in [1.807, 2.05) is 0 Å². The lowest BCUT2D eigenvalue weighted by molar-refractivity contribution is -0.142. The van der Waals surface area contributed by atoms with Crippen molar-refractivity contribution in [3.05, 3.63) is 12.2 Å². The molecule has 0 fully saturated rings. The number of aliphatic carboxylic acids is 1. The molecular weight excluding hydrogens is 368 g/mol. The van der Waals surface area contributed by atoms with Gasteiger partial charge >= 0.3 is 5.97 Å². The lowest BCUT2D eigenvalue weighted by atomic mass is 9.89. The highest BCUT2D eigenvalue weighted by molar-refractivity contribution is 5.69. The summed E-state index contributed by atoms with van der Waals surface area (Å²) in [7, 11) is 0. The fraction of sp³-hybridized carbons (Fsp3) is 0.893. The molecule has 0 saturated heterocycles. The van der Waals surface area contributed by atoms with Crippen LogP contribution in [0.4, 0.5) is 0 Å². The lowest BCUT2D eigenvalue weighted by Gasteiger charge is -2.16. The van der Waals surface area contributed by atoms with Gasteiger partial charge in [0, 0.05) is 0 Å². The summed E-state index contributed by atoms with van der Waals surface area (Å²) in [5.74, 6) is 0.727. The average molecular weight is 423 g/mol. The van der Waals surface area contributed by atoms with E-state index in [0.717, 1.165) is 31.6 Å². The van der Waals surface area contributed by atoms with Gasteiger partial charge in [-0.25, -0.2) is 0 Å². The van der Waals surface area contributed by atoms with Crippen molar-refractivity contribution in [1.29, 1.82) is 0 Å². The Bertz CT molecular complexity index is 399. The maximum absolute atomic E-state index is 11.6. The number of rotatable bonds is 22. The number of allylic oxidation sites excluding steroid dienone is 2. The maximum atomic E-state index is 11.6. The average Bonchev–Trinajstić information content (AvgIpc) is 2.69. The van der Waals surface area contributed by atoms with Crippen LogP contribution in [-0.2, 0) is 4.79 Å². The van der Waals surface area contributed by atoms with Gasteiger partial charge in [-0.1, -0.05) is 110 Å². The molecule has 2 nitrogen and oxygen atoms in total. The van der Waals surface area contributed by atoms with Gasteiger partial charge in [-0.05, 0) is 56.8 Å². The normalized spacial score (nSPS) is 13.9. The van der Waals surface area contributed by atoms with Crippen LogP contribution in [0.1, 0.15) is 143 Å². The molecule has 30 heavy (non-hydrogen) atoms. The van der Waals surface area contributed by atoms with Gasteiger partial charge in [0.25, 0.3) is 0 Å². The zero-order valence-corrected chi connectivity index (χ0v) is 21.0. The molecule has 1 N–H and O–H groups in total. The van der Waals surface area contributed by atoms with Gasteiger partial charge in [0.2, 0.25) is 0 Å². The predicted octanol–water partition coefficient (Wildman–Crippen LogP) is 9.58. The van der Waals surface area contributed by atoms with Crippen molar-refractivity contribution in [2.75, 3.05) is 0 Å². The quantitative estimate of drug-likeness (QED) is 0.139. The van der Waals surface area contributed by atoms with Crippen molar-refractivity contribution < 1.29 is 9.90 Å². The molecule has 0 spiro atoms. The van der Waals surface area contributed by atoms with E-state index in [4.69, 9.17) is 0 Å². The van der Waals surface area contributed by atoms with Gasteiger partial charge in [0.1, 0.15) is 0 Å². The Morgan fingerprint density at radius 3 is 1.80 bits per heavy atom. The smallest absolute Gasteiger partial charge is 0.306 e. The van der Waals surface area contributed by atoms with Crippen molar-refractivity contribution in [2.45, 2.75) is 143 Å². The van der Waals surface area contributed by atoms with E-state index in [1.54, 1.807) is 0 Å². The standard InChI is InChI=1S/C28H54O2/c1-5-6-7-8-9-10-11-12-13-14-15-16-17-18-22-27(28(29)30)24-23-26(4)21-19-20-25(2)3/h12-13,25-27H,5-11,14-24H2,1-4H3,(H,29,30)/b13-12-. The minimum absolute atomic E-state index is 0.130.